The van der Waals surface area contributed by atoms with E-state index in [9.17, 15) is 4.79 Å². The Kier molecular flexibility index (Phi) is 6.70. The summed E-state index contributed by atoms with van der Waals surface area (Å²) in [5, 5.41) is 0. The molecule has 0 aromatic heterocycles. The van der Waals surface area contributed by atoms with Crippen LogP contribution in [-0.4, -0.2) is 14.7 Å². The molecule has 1 saturated carbocycles. The fourth-order valence-electron chi connectivity index (χ4n) is 4.40. The molecular weight excluding hydrogens is 310 g/mol. The van der Waals surface area contributed by atoms with Crippen LogP contribution in [0.1, 0.15) is 52.4 Å². The summed E-state index contributed by atoms with van der Waals surface area (Å²) in [7, 11) is -0.939. The number of rotatable bonds is 4. The predicted molar refractivity (Wildman–Crippen MR) is 88.5 cm³/mol. The van der Waals surface area contributed by atoms with Gasteiger partial charge in [-0.15, -0.1) is 0 Å². The number of carbonyl (C=O) groups excluding carboxylic acids is 1. The molecule has 2 rings (SSSR count). The van der Waals surface area contributed by atoms with Crippen molar-refractivity contribution in [1.82, 2.24) is 0 Å². The van der Waals surface area contributed by atoms with Crippen LogP contribution in [0.4, 0.5) is 0 Å². The van der Waals surface area contributed by atoms with Crippen LogP contribution in [0.25, 0.3) is 5.73 Å². The number of amides is 1. The van der Waals surface area contributed by atoms with Crippen LogP contribution in [0.5, 0.6) is 0 Å². The molecule has 1 amide bonds. The van der Waals surface area contributed by atoms with Gasteiger partial charge in [-0.1, -0.05) is 56.5 Å². The van der Waals surface area contributed by atoms with Crippen molar-refractivity contribution in [3.63, 3.8) is 0 Å². The minimum absolute atomic E-state index is 0. The average Bonchev–Trinajstić information content (AvgIpc) is 2.79. The molecule has 4 heteroatoms. The minimum Gasteiger partial charge on any atom is -0.667 e. The quantitative estimate of drug-likeness (QED) is 0.662. The molecule has 2 nitrogen and oxygen atoms in total. The molecule has 0 saturated heterocycles. The summed E-state index contributed by atoms with van der Waals surface area (Å²) in [5.74, 6) is -0.306. The molecule has 116 valence electrons. The summed E-state index contributed by atoms with van der Waals surface area (Å²) in [6, 6.07) is 0. The molecule has 0 aromatic rings. The van der Waals surface area contributed by atoms with Gasteiger partial charge in [-0.05, 0) is 37.3 Å². The Balaban J connectivity index is 0.00000220. The van der Waals surface area contributed by atoms with E-state index in [4.69, 9.17) is 5.73 Å². The van der Waals surface area contributed by atoms with E-state index in [0.717, 1.165) is 32.1 Å². The van der Waals surface area contributed by atoms with Crippen LogP contribution in [-0.2, 0) is 26.5 Å². The number of nitrogens with one attached hydrogen (secondary N) is 1. The third-order valence-electron chi connectivity index (χ3n) is 5.49. The van der Waals surface area contributed by atoms with Crippen LogP contribution in [0.15, 0.2) is 22.8 Å². The molecule has 2 aliphatic carbocycles. The van der Waals surface area contributed by atoms with Crippen molar-refractivity contribution in [3.05, 3.63) is 28.5 Å². The molecule has 2 aliphatic rings. The van der Waals surface area contributed by atoms with Crippen molar-refractivity contribution >= 4 is 14.7 Å². The van der Waals surface area contributed by atoms with Crippen molar-refractivity contribution in [2.75, 3.05) is 0 Å². The first-order chi connectivity index (χ1) is 9.43. The topological polar surface area (TPSA) is 40.9 Å². The summed E-state index contributed by atoms with van der Waals surface area (Å²) < 4.78 is 0. The van der Waals surface area contributed by atoms with Crippen LogP contribution in [0.3, 0.4) is 0 Å². The molecular formula is C17H28NOSiTi-. The van der Waals surface area contributed by atoms with E-state index in [-0.39, 0.29) is 27.6 Å². The predicted octanol–water partition coefficient (Wildman–Crippen LogP) is 5.04. The van der Waals surface area contributed by atoms with E-state index in [1.54, 1.807) is 0 Å². The van der Waals surface area contributed by atoms with Gasteiger partial charge in [0.25, 0.3) is 0 Å². The van der Waals surface area contributed by atoms with Crippen LogP contribution >= 0.6 is 0 Å². The second kappa shape index (κ2) is 7.43. The standard InChI is InChI=1S/C17H29NOSi.Ti/c1-5-13-11-14(10-12(13)2)17(16(18)19)9-7-6-8-15(17)20(3)4;/h11,15,20H,5-10H2,1-4H3,(H2,18,19);/p-1. The summed E-state index contributed by atoms with van der Waals surface area (Å²) in [5.41, 5.74) is 12.2. The minimum atomic E-state index is -0.939. The molecule has 0 bridgehead atoms. The molecule has 1 N–H and O–H groups in total. The second-order valence-electron chi connectivity index (χ2n) is 6.90. The maximum absolute atomic E-state index is 12.4. The Morgan fingerprint density at radius 2 is 2.10 bits per heavy atom. The summed E-state index contributed by atoms with van der Waals surface area (Å²) >= 11 is 0. The fraction of sp³-hybridized carbons (Fsp3) is 0.706. The Morgan fingerprint density at radius 3 is 2.57 bits per heavy atom. The summed E-state index contributed by atoms with van der Waals surface area (Å²) in [4.78, 5) is 12.4. The molecule has 0 spiro atoms. The Labute approximate surface area is 146 Å². The van der Waals surface area contributed by atoms with Gasteiger partial charge in [0.1, 0.15) is 0 Å². The third kappa shape index (κ3) is 3.30. The van der Waals surface area contributed by atoms with Gasteiger partial charge in [-0.3, -0.25) is 0 Å². The van der Waals surface area contributed by atoms with E-state index in [1.165, 1.54) is 23.1 Å². The zero-order valence-electron chi connectivity index (χ0n) is 13.9. The van der Waals surface area contributed by atoms with E-state index >= 15 is 0 Å². The van der Waals surface area contributed by atoms with E-state index < -0.39 is 14.2 Å². The fourth-order valence-corrected chi connectivity index (χ4v) is 6.98. The molecule has 1 fully saturated rings. The zero-order valence-corrected chi connectivity index (χ0v) is 16.6. The van der Waals surface area contributed by atoms with Gasteiger partial charge in [0.2, 0.25) is 0 Å². The summed E-state index contributed by atoms with van der Waals surface area (Å²) in [6.45, 7) is 9.08. The van der Waals surface area contributed by atoms with Crippen LogP contribution in [0.2, 0.25) is 18.6 Å². The van der Waals surface area contributed by atoms with Gasteiger partial charge >= 0.3 is 0 Å². The first kappa shape index (κ1) is 18.9. The molecule has 2 unspecified atom stereocenters. The largest absolute Gasteiger partial charge is 0.667 e. The maximum Gasteiger partial charge on any atom is 0.0591 e. The average molecular weight is 338 g/mol. The Hall–Kier alpha value is -0.119. The van der Waals surface area contributed by atoms with Gasteiger partial charge in [0, 0.05) is 35.9 Å². The number of hydrogen-bond donors (Lipinski definition) is 0. The van der Waals surface area contributed by atoms with E-state index in [2.05, 4.69) is 33.0 Å². The smallest absolute Gasteiger partial charge is 0.0591 e. The van der Waals surface area contributed by atoms with Crippen molar-refractivity contribution in [2.45, 2.75) is 71.0 Å². The maximum atomic E-state index is 12.4. The molecule has 0 aliphatic heterocycles. The molecule has 21 heavy (non-hydrogen) atoms. The number of hydrogen-bond acceptors (Lipinski definition) is 1. The van der Waals surface area contributed by atoms with Crippen molar-refractivity contribution < 1.29 is 26.5 Å². The molecule has 0 radical (unpaired) electrons. The Morgan fingerprint density at radius 1 is 1.43 bits per heavy atom. The van der Waals surface area contributed by atoms with Crippen LogP contribution < -0.4 is 0 Å². The second-order valence-corrected chi connectivity index (χ2v) is 10.2. The zero-order chi connectivity index (χ0) is 14.9. The van der Waals surface area contributed by atoms with Crippen molar-refractivity contribution in [1.29, 1.82) is 0 Å². The van der Waals surface area contributed by atoms with E-state index in [0.29, 0.717) is 5.54 Å². The monoisotopic (exact) mass is 338 g/mol. The molecule has 0 aromatic carbocycles. The van der Waals surface area contributed by atoms with Crippen molar-refractivity contribution in [3.8, 4) is 0 Å². The van der Waals surface area contributed by atoms with Gasteiger partial charge < -0.3 is 10.5 Å². The van der Waals surface area contributed by atoms with Gasteiger partial charge in [-0.25, -0.2) is 0 Å². The molecule has 2 atom stereocenters. The van der Waals surface area contributed by atoms with Gasteiger partial charge in [0.05, 0.1) is 5.91 Å². The third-order valence-corrected chi connectivity index (χ3v) is 8.00. The SMILES string of the molecule is CCC1=C(C)CC(C2(C([NH-])=O)CCCCC2[SiH](C)C)=C1.[Ti]. The van der Waals surface area contributed by atoms with Crippen molar-refractivity contribution in [2.24, 2.45) is 5.41 Å². The normalized spacial score (nSPS) is 29.4. The first-order valence-electron chi connectivity index (χ1n) is 8.09. The summed E-state index contributed by atoms with van der Waals surface area (Å²) in [6.07, 6.45) is 8.68. The van der Waals surface area contributed by atoms with Gasteiger partial charge in [0.15, 0.2) is 0 Å². The molecule has 0 heterocycles. The van der Waals surface area contributed by atoms with Gasteiger partial charge in [-0.2, -0.15) is 0 Å². The Bertz CT molecular complexity index is 469. The first-order valence-corrected chi connectivity index (χ1v) is 11.1. The number of carbonyl (C=O) groups is 1. The van der Waals surface area contributed by atoms with E-state index in [1.807, 2.05) is 0 Å². The number of allylic oxidation sites excluding steroid dienone is 3. The van der Waals surface area contributed by atoms with Crippen LogP contribution in [0, 0.1) is 5.41 Å².